The van der Waals surface area contributed by atoms with Gasteiger partial charge in [0, 0.05) is 29.1 Å². The molecule has 1 aromatic carbocycles. The smallest absolute Gasteiger partial charge is 0.241 e. The van der Waals surface area contributed by atoms with Crippen LogP contribution in [0.4, 0.5) is 0 Å². The van der Waals surface area contributed by atoms with Gasteiger partial charge < -0.3 is 4.74 Å². The van der Waals surface area contributed by atoms with Crippen LogP contribution in [0.5, 0.6) is 0 Å². The number of alkyl halides is 1. The number of hydrogen-bond acceptors (Lipinski definition) is 3. The highest BCUT2D eigenvalue weighted by molar-refractivity contribution is 7.89. The van der Waals surface area contributed by atoms with E-state index in [9.17, 15) is 8.42 Å². The van der Waals surface area contributed by atoms with Crippen molar-refractivity contribution < 1.29 is 13.2 Å². The minimum Gasteiger partial charge on any atom is -0.383 e. The summed E-state index contributed by atoms with van der Waals surface area (Å²) in [6.45, 7) is 0.236. The first-order valence-corrected chi connectivity index (χ1v) is 8.19. The molecule has 4 nitrogen and oxygen atoms in total. The number of sulfonamides is 1. The average Bonchev–Trinajstić information content (AvgIpc) is 2.27. The Morgan fingerprint density at radius 1 is 1.26 bits per heavy atom. The number of rotatable bonds is 7. The molecule has 108 valence electrons. The van der Waals surface area contributed by atoms with Crippen LogP contribution in [0.3, 0.4) is 0 Å². The third-order valence-electron chi connectivity index (χ3n) is 2.29. The first-order chi connectivity index (χ1) is 8.89. The van der Waals surface area contributed by atoms with Crippen molar-refractivity contribution in [3.63, 3.8) is 0 Å². The monoisotopic (exact) mass is 345 g/mol. The second kappa shape index (κ2) is 7.67. The largest absolute Gasteiger partial charge is 0.383 e. The third kappa shape index (κ3) is 5.45. The molecule has 0 fully saturated rings. The van der Waals surface area contributed by atoms with Crippen molar-refractivity contribution in [2.24, 2.45) is 0 Å². The van der Waals surface area contributed by atoms with E-state index in [0.717, 1.165) is 0 Å². The van der Waals surface area contributed by atoms with Gasteiger partial charge in [-0.05, 0) is 24.6 Å². The van der Waals surface area contributed by atoms with Crippen molar-refractivity contribution in [3.8, 4) is 0 Å². The highest BCUT2D eigenvalue weighted by atomic mass is 35.5. The van der Waals surface area contributed by atoms with Gasteiger partial charge in [0.2, 0.25) is 10.0 Å². The van der Waals surface area contributed by atoms with Gasteiger partial charge in [0.1, 0.15) is 0 Å². The molecule has 1 N–H and O–H groups in total. The Balaban J connectivity index is 2.95. The molecule has 0 spiro atoms. The van der Waals surface area contributed by atoms with E-state index in [1.165, 1.54) is 25.3 Å². The van der Waals surface area contributed by atoms with Gasteiger partial charge in [-0.2, -0.15) is 0 Å². The molecular formula is C11H14Cl3NO3S. The fourth-order valence-electron chi connectivity index (χ4n) is 1.48. The highest BCUT2D eigenvalue weighted by Gasteiger charge is 2.20. The Kier molecular flexibility index (Phi) is 6.86. The summed E-state index contributed by atoms with van der Waals surface area (Å²) in [4.78, 5) is 0.0145. The number of hydrogen-bond donors (Lipinski definition) is 1. The average molecular weight is 347 g/mol. The summed E-state index contributed by atoms with van der Waals surface area (Å²) < 4.78 is 31.8. The van der Waals surface area contributed by atoms with Crippen LogP contribution in [0.25, 0.3) is 0 Å². The van der Waals surface area contributed by atoms with E-state index in [-0.39, 0.29) is 21.5 Å². The lowest BCUT2D eigenvalue weighted by atomic mass is 10.3. The van der Waals surface area contributed by atoms with Gasteiger partial charge in [0.25, 0.3) is 0 Å². The normalized spacial score (nSPS) is 13.5. The summed E-state index contributed by atoms with van der Waals surface area (Å²) in [6, 6.07) is 3.74. The second-order valence-electron chi connectivity index (χ2n) is 3.86. The quantitative estimate of drug-likeness (QED) is 0.772. The molecule has 0 heterocycles. The molecule has 1 rings (SSSR count). The molecule has 0 amide bonds. The van der Waals surface area contributed by atoms with Gasteiger partial charge in [-0.15, -0.1) is 11.6 Å². The predicted molar refractivity (Wildman–Crippen MR) is 77.8 cm³/mol. The van der Waals surface area contributed by atoms with Crippen LogP contribution < -0.4 is 4.72 Å². The zero-order valence-corrected chi connectivity index (χ0v) is 13.3. The first-order valence-electron chi connectivity index (χ1n) is 5.42. The van der Waals surface area contributed by atoms with E-state index >= 15 is 0 Å². The van der Waals surface area contributed by atoms with E-state index in [2.05, 4.69) is 4.72 Å². The van der Waals surface area contributed by atoms with E-state index in [4.69, 9.17) is 39.5 Å². The minimum absolute atomic E-state index is 0.0145. The molecule has 0 saturated heterocycles. The SMILES string of the molecule is COCC(CCCl)NS(=O)(=O)c1cc(Cl)cc(Cl)c1. The lowest BCUT2D eigenvalue weighted by molar-refractivity contribution is 0.173. The van der Waals surface area contributed by atoms with Crippen molar-refractivity contribution in [2.75, 3.05) is 19.6 Å². The van der Waals surface area contributed by atoms with Gasteiger partial charge in [-0.3, -0.25) is 0 Å². The maximum absolute atomic E-state index is 12.2. The van der Waals surface area contributed by atoms with Crippen LogP contribution in [-0.4, -0.2) is 34.1 Å². The number of halogens is 3. The van der Waals surface area contributed by atoms with Crippen molar-refractivity contribution in [3.05, 3.63) is 28.2 Å². The number of methoxy groups -OCH3 is 1. The Bertz CT molecular complexity index is 496. The molecule has 8 heteroatoms. The molecule has 1 unspecified atom stereocenters. The first kappa shape index (κ1) is 17.0. The van der Waals surface area contributed by atoms with Gasteiger partial charge in [-0.1, -0.05) is 23.2 Å². The molecule has 0 radical (unpaired) electrons. The molecule has 1 aromatic rings. The van der Waals surface area contributed by atoms with Crippen LogP contribution in [0.1, 0.15) is 6.42 Å². The Labute approximate surface area is 128 Å². The van der Waals surface area contributed by atoms with E-state index in [1.54, 1.807) is 0 Å². The Hall–Kier alpha value is -0.0400. The highest BCUT2D eigenvalue weighted by Crippen LogP contribution is 2.22. The fraction of sp³-hybridized carbons (Fsp3) is 0.455. The van der Waals surface area contributed by atoms with E-state index in [1.807, 2.05) is 0 Å². The molecule has 0 saturated carbocycles. The number of benzene rings is 1. The molecule has 0 aliphatic rings. The molecule has 0 aromatic heterocycles. The zero-order chi connectivity index (χ0) is 14.5. The minimum atomic E-state index is -3.71. The summed E-state index contributed by atoms with van der Waals surface area (Å²) in [7, 11) is -2.21. The maximum atomic E-state index is 12.2. The molecule has 19 heavy (non-hydrogen) atoms. The van der Waals surface area contributed by atoms with E-state index in [0.29, 0.717) is 12.3 Å². The number of ether oxygens (including phenoxy) is 1. The molecule has 0 aliphatic carbocycles. The molecule has 0 aliphatic heterocycles. The van der Waals surface area contributed by atoms with Crippen LogP contribution >= 0.6 is 34.8 Å². The van der Waals surface area contributed by atoms with Gasteiger partial charge in [0.05, 0.1) is 11.5 Å². The van der Waals surface area contributed by atoms with Gasteiger partial charge in [0.15, 0.2) is 0 Å². The summed E-state index contributed by atoms with van der Waals surface area (Å²) in [5.74, 6) is 0.326. The van der Waals surface area contributed by atoms with Gasteiger partial charge >= 0.3 is 0 Å². The maximum Gasteiger partial charge on any atom is 0.241 e. The Morgan fingerprint density at radius 3 is 2.32 bits per heavy atom. The van der Waals surface area contributed by atoms with Crippen LogP contribution in [0.15, 0.2) is 23.1 Å². The van der Waals surface area contributed by atoms with Crippen molar-refractivity contribution in [1.29, 1.82) is 0 Å². The van der Waals surface area contributed by atoms with Crippen molar-refractivity contribution >= 4 is 44.8 Å². The molecular weight excluding hydrogens is 333 g/mol. The topological polar surface area (TPSA) is 55.4 Å². The summed E-state index contributed by atoms with van der Waals surface area (Å²) >= 11 is 17.2. The fourth-order valence-corrected chi connectivity index (χ4v) is 3.72. The lowest BCUT2D eigenvalue weighted by Crippen LogP contribution is -2.38. The summed E-state index contributed by atoms with van der Waals surface area (Å²) in [5.41, 5.74) is 0. The van der Waals surface area contributed by atoms with Crippen molar-refractivity contribution in [1.82, 2.24) is 4.72 Å². The lowest BCUT2D eigenvalue weighted by Gasteiger charge is -2.17. The standard InChI is InChI=1S/C11H14Cl3NO3S/c1-18-7-10(2-3-12)15-19(16,17)11-5-8(13)4-9(14)6-11/h4-6,10,15H,2-3,7H2,1H3. The van der Waals surface area contributed by atoms with Crippen LogP contribution in [0, 0.1) is 0 Å². The summed E-state index contributed by atoms with van der Waals surface area (Å²) in [5, 5.41) is 0.516. The molecule has 1 atom stereocenters. The van der Waals surface area contributed by atoms with Gasteiger partial charge in [-0.25, -0.2) is 13.1 Å². The molecule has 0 bridgehead atoms. The van der Waals surface area contributed by atoms with Crippen LogP contribution in [0.2, 0.25) is 10.0 Å². The second-order valence-corrected chi connectivity index (χ2v) is 6.82. The third-order valence-corrected chi connectivity index (χ3v) is 4.45. The van der Waals surface area contributed by atoms with Crippen LogP contribution in [-0.2, 0) is 14.8 Å². The van der Waals surface area contributed by atoms with Crippen molar-refractivity contribution in [2.45, 2.75) is 17.4 Å². The summed E-state index contributed by atoms with van der Waals surface area (Å²) in [6.07, 6.45) is 0.461. The predicted octanol–water partition coefficient (Wildman–Crippen LogP) is 2.92. The number of nitrogens with one attached hydrogen (secondary N) is 1. The Morgan fingerprint density at radius 2 is 1.84 bits per heavy atom. The zero-order valence-electron chi connectivity index (χ0n) is 10.2. The van der Waals surface area contributed by atoms with E-state index < -0.39 is 16.1 Å².